The number of aryl methyl sites for hydroxylation is 2. The summed E-state index contributed by atoms with van der Waals surface area (Å²) in [6.07, 6.45) is 1.54. The summed E-state index contributed by atoms with van der Waals surface area (Å²) in [5.74, 6) is -0.259. The van der Waals surface area contributed by atoms with Crippen LogP contribution < -0.4 is 16.6 Å². The van der Waals surface area contributed by atoms with Gasteiger partial charge in [0.2, 0.25) is 5.91 Å². The smallest absolute Gasteiger partial charge is 0.324 e. The van der Waals surface area contributed by atoms with Crippen molar-refractivity contribution in [1.82, 2.24) is 19.1 Å². The fraction of sp³-hybridized carbons (Fsp3) is 0.148. The maximum absolute atomic E-state index is 13.2. The number of benzene rings is 2. The molecule has 0 bridgehead atoms. The second-order valence-corrected chi connectivity index (χ2v) is 8.46. The average molecular weight is 466 g/mol. The Balaban J connectivity index is 1.55. The summed E-state index contributed by atoms with van der Waals surface area (Å²) in [6, 6.07) is 19.4. The molecule has 0 atom stereocenters. The molecule has 5 aromatic rings. The highest BCUT2D eigenvalue weighted by Gasteiger charge is 2.18. The Morgan fingerprint density at radius 1 is 0.943 bits per heavy atom. The Morgan fingerprint density at radius 2 is 1.66 bits per heavy atom. The number of pyridine rings is 2. The molecule has 0 aliphatic heterocycles. The minimum absolute atomic E-state index is 0.0945. The van der Waals surface area contributed by atoms with Crippen LogP contribution in [-0.2, 0) is 25.3 Å². The van der Waals surface area contributed by atoms with Crippen molar-refractivity contribution in [3.63, 3.8) is 0 Å². The van der Waals surface area contributed by atoms with Crippen molar-refractivity contribution in [1.29, 1.82) is 0 Å². The summed E-state index contributed by atoms with van der Waals surface area (Å²) < 4.78 is 2.32. The van der Waals surface area contributed by atoms with Crippen molar-refractivity contribution in [2.75, 3.05) is 5.32 Å². The zero-order chi connectivity index (χ0) is 24.7. The molecule has 0 aliphatic carbocycles. The number of hydrogen-bond donors (Lipinski definition) is 1. The first-order valence-corrected chi connectivity index (χ1v) is 11.1. The number of nitrogens with one attached hydrogen (secondary N) is 1. The molecule has 3 heterocycles. The molecule has 8 nitrogen and oxygen atoms in total. The maximum atomic E-state index is 13.2. The van der Waals surface area contributed by atoms with Gasteiger partial charge in [-0.05, 0) is 35.7 Å². The first kappa shape index (κ1) is 22.2. The van der Waals surface area contributed by atoms with Crippen LogP contribution in [0.5, 0.6) is 0 Å². The minimum atomic E-state index is -0.465. The number of anilines is 1. The van der Waals surface area contributed by atoms with E-state index in [1.165, 1.54) is 17.8 Å². The predicted molar refractivity (Wildman–Crippen MR) is 136 cm³/mol. The third-order valence-electron chi connectivity index (χ3n) is 6.18. The Bertz CT molecular complexity index is 1740. The van der Waals surface area contributed by atoms with Gasteiger partial charge in [0.25, 0.3) is 5.56 Å². The molecule has 35 heavy (non-hydrogen) atoms. The van der Waals surface area contributed by atoms with Crippen LogP contribution in [0.1, 0.15) is 11.3 Å². The molecule has 0 fully saturated rings. The molecule has 0 radical (unpaired) electrons. The third-order valence-corrected chi connectivity index (χ3v) is 6.18. The van der Waals surface area contributed by atoms with Crippen LogP contribution in [0.3, 0.4) is 0 Å². The third kappa shape index (κ3) is 3.89. The first-order chi connectivity index (χ1) is 16.8. The lowest BCUT2D eigenvalue weighted by Crippen LogP contribution is -2.37. The van der Waals surface area contributed by atoms with E-state index >= 15 is 0 Å². The van der Waals surface area contributed by atoms with Crippen LogP contribution >= 0.6 is 0 Å². The highest BCUT2D eigenvalue weighted by atomic mass is 16.2. The van der Waals surface area contributed by atoms with Crippen LogP contribution in [0, 0.1) is 6.92 Å². The topological polar surface area (TPSA) is 98.9 Å². The summed E-state index contributed by atoms with van der Waals surface area (Å²) in [7, 11) is 2.96. The molecule has 0 unspecified atom stereocenters. The number of carbonyl (C=O) groups excluding carboxylic acids is 1. The SMILES string of the molecule is Cc1nc2ccccc2c(-c2ccccc2)c1CC(=O)Nc1cnc2c(c1)c(=O)n(C)c(=O)n2C. The van der Waals surface area contributed by atoms with E-state index in [1.54, 1.807) is 13.1 Å². The summed E-state index contributed by atoms with van der Waals surface area (Å²) >= 11 is 0. The summed E-state index contributed by atoms with van der Waals surface area (Å²) in [4.78, 5) is 46.9. The van der Waals surface area contributed by atoms with Gasteiger partial charge in [-0.3, -0.25) is 23.7 Å². The molecule has 0 saturated carbocycles. The normalized spacial score (nSPS) is 11.2. The molecule has 0 spiro atoms. The van der Waals surface area contributed by atoms with Crippen LogP contribution in [-0.4, -0.2) is 25.0 Å². The molecule has 0 saturated heterocycles. The van der Waals surface area contributed by atoms with E-state index < -0.39 is 11.2 Å². The Morgan fingerprint density at radius 3 is 2.43 bits per heavy atom. The molecular formula is C27H23N5O3. The molecule has 8 heteroatoms. The monoisotopic (exact) mass is 465 g/mol. The number of aromatic nitrogens is 4. The van der Waals surface area contributed by atoms with Gasteiger partial charge in [-0.15, -0.1) is 0 Å². The van der Waals surface area contributed by atoms with E-state index in [0.29, 0.717) is 5.69 Å². The number of hydrogen-bond acceptors (Lipinski definition) is 5. The van der Waals surface area contributed by atoms with Gasteiger partial charge in [0.15, 0.2) is 0 Å². The maximum Gasteiger partial charge on any atom is 0.332 e. The first-order valence-electron chi connectivity index (χ1n) is 11.1. The van der Waals surface area contributed by atoms with Gasteiger partial charge < -0.3 is 5.32 Å². The van der Waals surface area contributed by atoms with Gasteiger partial charge in [0, 0.05) is 25.2 Å². The highest BCUT2D eigenvalue weighted by molar-refractivity contribution is 6.00. The van der Waals surface area contributed by atoms with Crippen molar-refractivity contribution >= 4 is 33.5 Å². The van der Waals surface area contributed by atoms with E-state index in [1.807, 2.05) is 61.5 Å². The zero-order valence-electron chi connectivity index (χ0n) is 19.6. The van der Waals surface area contributed by atoms with Crippen molar-refractivity contribution in [2.45, 2.75) is 13.3 Å². The minimum Gasteiger partial charge on any atom is -0.324 e. The fourth-order valence-corrected chi connectivity index (χ4v) is 4.42. The van der Waals surface area contributed by atoms with Crippen LogP contribution in [0.2, 0.25) is 0 Å². The second kappa shape index (κ2) is 8.64. The number of nitrogens with zero attached hydrogens (tertiary/aromatic N) is 4. The number of amides is 1. The van der Waals surface area contributed by atoms with Gasteiger partial charge in [-0.1, -0.05) is 48.5 Å². The second-order valence-electron chi connectivity index (χ2n) is 8.46. The summed E-state index contributed by atoms with van der Waals surface area (Å²) in [5.41, 5.74) is 4.18. The van der Waals surface area contributed by atoms with Gasteiger partial charge in [-0.25, -0.2) is 9.78 Å². The largest absolute Gasteiger partial charge is 0.332 e. The number of rotatable bonds is 4. The molecular weight excluding hydrogens is 442 g/mol. The number of fused-ring (bicyclic) bond motifs is 2. The molecule has 0 aliphatic rings. The van der Waals surface area contributed by atoms with Crippen molar-refractivity contribution in [2.24, 2.45) is 14.1 Å². The van der Waals surface area contributed by atoms with Crippen molar-refractivity contribution < 1.29 is 4.79 Å². The van der Waals surface area contributed by atoms with Crippen molar-refractivity contribution in [3.8, 4) is 11.1 Å². The van der Waals surface area contributed by atoms with E-state index in [4.69, 9.17) is 4.98 Å². The molecule has 3 aromatic heterocycles. The lowest BCUT2D eigenvalue weighted by molar-refractivity contribution is -0.115. The fourth-order valence-electron chi connectivity index (χ4n) is 4.42. The van der Waals surface area contributed by atoms with E-state index in [2.05, 4.69) is 10.3 Å². The van der Waals surface area contributed by atoms with E-state index in [0.717, 1.165) is 37.9 Å². The van der Waals surface area contributed by atoms with Gasteiger partial charge >= 0.3 is 5.69 Å². The Labute approximate surface area is 200 Å². The van der Waals surface area contributed by atoms with Crippen molar-refractivity contribution in [3.05, 3.63) is 99.0 Å². The van der Waals surface area contributed by atoms with Gasteiger partial charge in [0.05, 0.1) is 29.2 Å². The van der Waals surface area contributed by atoms with Crippen LogP contribution in [0.4, 0.5) is 5.69 Å². The number of para-hydroxylation sites is 1. The summed E-state index contributed by atoms with van der Waals surface area (Å²) in [6.45, 7) is 1.91. The summed E-state index contributed by atoms with van der Waals surface area (Å²) in [5, 5.41) is 4.08. The van der Waals surface area contributed by atoms with E-state index in [-0.39, 0.29) is 23.4 Å². The highest BCUT2D eigenvalue weighted by Crippen LogP contribution is 2.33. The van der Waals surface area contributed by atoms with Gasteiger partial charge in [-0.2, -0.15) is 0 Å². The molecule has 174 valence electrons. The standard InChI is InChI=1S/C27H23N5O3/c1-16-20(24(17-9-5-4-6-10-17)19-11-7-8-12-22(19)29-16)14-23(33)30-18-13-21-25(28-15-18)31(2)27(35)32(3)26(21)34/h4-13,15H,14H2,1-3H3,(H,30,33). The van der Waals surface area contributed by atoms with Gasteiger partial charge in [0.1, 0.15) is 5.65 Å². The quantitative estimate of drug-likeness (QED) is 0.439. The zero-order valence-corrected chi connectivity index (χ0v) is 19.6. The van der Waals surface area contributed by atoms with E-state index in [9.17, 15) is 14.4 Å². The van der Waals surface area contributed by atoms with Crippen LogP contribution in [0.15, 0.2) is 76.4 Å². The Kier molecular flexibility index (Phi) is 5.49. The molecule has 1 N–H and O–H groups in total. The van der Waals surface area contributed by atoms with Crippen LogP contribution in [0.25, 0.3) is 33.1 Å². The molecule has 2 aromatic carbocycles. The molecule has 1 amide bonds. The Hall–Kier alpha value is -4.59. The average Bonchev–Trinajstić information content (AvgIpc) is 2.87. The number of carbonyl (C=O) groups is 1. The molecule has 5 rings (SSSR count). The lowest BCUT2D eigenvalue weighted by Gasteiger charge is -2.16. The predicted octanol–water partition coefficient (Wildman–Crippen LogP) is 3.34. The lowest BCUT2D eigenvalue weighted by atomic mass is 9.92.